The van der Waals surface area contributed by atoms with Crippen LogP contribution < -0.4 is 22.9 Å². The first-order valence-electron chi connectivity index (χ1n) is 10.1. The summed E-state index contributed by atoms with van der Waals surface area (Å²) in [6.07, 6.45) is 0. The molecule has 6 heteroatoms. The fraction of sp³-hybridized carbons (Fsp3) is 0.0385. The Balaban J connectivity index is 1.98. The Bertz CT molecular complexity index is 1330. The summed E-state index contributed by atoms with van der Waals surface area (Å²) in [6.45, 7) is 0. The molecule has 0 atom stereocenters. The molecule has 4 aromatic carbocycles. The number of anilines is 4. The van der Waals surface area contributed by atoms with Gasteiger partial charge >= 0.3 is 5.97 Å². The van der Waals surface area contributed by atoms with Crippen LogP contribution in [0.3, 0.4) is 0 Å². The van der Waals surface area contributed by atoms with Crippen LogP contribution in [0.25, 0.3) is 11.1 Å². The van der Waals surface area contributed by atoms with Crippen molar-refractivity contribution in [3.8, 4) is 11.1 Å². The fourth-order valence-corrected chi connectivity index (χ4v) is 4.84. The molecule has 6 nitrogen and oxygen atoms in total. The molecule has 0 bridgehead atoms. The predicted molar refractivity (Wildman–Crippen MR) is 128 cm³/mol. The van der Waals surface area contributed by atoms with Crippen LogP contribution in [0.5, 0.6) is 0 Å². The quantitative estimate of drug-likeness (QED) is 0.277. The van der Waals surface area contributed by atoms with Crippen molar-refractivity contribution < 1.29 is 9.90 Å². The normalized spacial score (nSPS) is 13.4. The zero-order chi connectivity index (χ0) is 22.6. The van der Waals surface area contributed by atoms with Gasteiger partial charge in [0.15, 0.2) is 0 Å². The predicted octanol–water partition coefficient (Wildman–Crippen LogP) is 4.08. The molecule has 0 heterocycles. The molecular formula is C26H22N4O2. The van der Waals surface area contributed by atoms with Crippen molar-refractivity contribution in [2.45, 2.75) is 5.41 Å². The lowest BCUT2D eigenvalue weighted by Gasteiger charge is -2.34. The number of carboxylic acid groups (broad SMARTS) is 1. The van der Waals surface area contributed by atoms with Crippen LogP contribution in [0.4, 0.5) is 22.7 Å². The molecule has 4 aromatic rings. The molecule has 32 heavy (non-hydrogen) atoms. The Morgan fingerprint density at radius 3 is 1.66 bits per heavy atom. The molecular weight excluding hydrogens is 400 g/mol. The second kappa shape index (κ2) is 6.78. The molecule has 158 valence electrons. The lowest BCUT2D eigenvalue weighted by atomic mass is 9.67. The molecule has 0 amide bonds. The zero-order valence-electron chi connectivity index (χ0n) is 17.2. The standard InChI is InChI=1S/C26H22N4O2/c27-16-5-1-14(2-6-16)26(15-3-7-17(28)8-4-15)22-11-18(29)9-10-19(22)20-12-21(25(31)32)24(30)13-23(20)26/h1-13H,27-30H2,(H,31,32). The second-order valence-electron chi connectivity index (χ2n) is 8.09. The van der Waals surface area contributed by atoms with Crippen molar-refractivity contribution in [1.29, 1.82) is 0 Å². The van der Waals surface area contributed by atoms with Crippen LogP contribution in [-0.4, -0.2) is 11.1 Å². The first kappa shape index (κ1) is 19.5. The van der Waals surface area contributed by atoms with Crippen LogP contribution >= 0.6 is 0 Å². The maximum atomic E-state index is 11.8. The average Bonchev–Trinajstić information content (AvgIpc) is 3.03. The Labute approximate surface area is 185 Å². The van der Waals surface area contributed by atoms with Crippen molar-refractivity contribution in [2.24, 2.45) is 0 Å². The molecule has 1 aliphatic rings. The lowest BCUT2D eigenvalue weighted by molar-refractivity contribution is 0.0698. The molecule has 0 radical (unpaired) electrons. The topological polar surface area (TPSA) is 141 Å². The number of aromatic carboxylic acids is 1. The minimum Gasteiger partial charge on any atom is -0.478 e. The first-order valence-corrected chi connectivity index (χ1v) is 10.1. The number of benzene rings is 4. The summed E-state index contributed by atoms with van der Waals surface area (Å²) in [4.78, 5) is 11.8. The van der Waals surface area contributed by atoms with Crippen molar-refractivity contribution >= 4 is 28.7 Å². The third-order valence-corrected chi connectivity index (χ3v) is 6.25. The van der Waals surface area contributed by atoms with Crippen LogP contribution in [0.2, 0.25) is 0 Å². The van der Waals surface area contributed by atoms with E-state index < -0.39 is 11.4 Å². The van der Waals surface area contributed by atoms with E-state index in [1.165, 1.54) is 0 Å². The van der Waals surface area contributed by atoms with Gasteiger partial charge in [-0.15, -0.1) is 0 Å². The molecule has 0 fully saturated rings. The molecule has 9 N–H and O–H groups in total. The number of hydrogen-bond acceptors (Lipinski definition) is 5. The molecule has 1 aliphatic carbocycles. The molecule has 0 aliphatic heterocycles. The highest BCUT2D eigenvalue weighted by molar-refractivity contribution is 5.99. The Hall–Kier alpha value is -4.45. The maximum absolute atomic E-state index is 11.8. The zero-order valence-corrected chi connectivity index (χ0v) is 17.2. The van der Waals surface area contributed by atoms with Gasteiger partial charge in [0.1, 0.15) is 0 Å². The number of carboxylic acids is 1. The Morgan fingerprint density at radius 1 is 0.625 bits per heavy atom. The van der Waals surface area contributed by atoms with Gasteiger partial charge in [-0.05, 0) is 81.9 Å². The van der Waals surface area contributed by atoms with Crippen LogP contribution in [-0.2, 0) is 5.41 Å². The van der Waals surface area contributed by atoms with E-state index in [0.717, 1.165) is 33.4 Å². The minimum absolute atomic E-state index is 0.0666. The number of rotatable bonds is 3. The Kier molecular flexibility index (Phi) is 4.14. The van der Waals surface area contributed by atoms with Crippen molar-refractivity contribution in [3.05, 3.63) is 107 Å². The smallest absolute Gasteiger partial charge is 0.337 e. The summed E-state index contributed by atoms with van der Waals surface area (Å²) < 4.78 is 0. The molecule has 0 spiro atoms. The van der Waals surface area contributed by atoms with E-state index in [9.17, 15) is 9.90 Å². The molecule has 5 rings (SSSR count). The van der Waals surface area contributed by atoms with Gasteiger partial charge in [0.25, 0.3) is 0 Å². The fourth-order valence-electron chi connectivity index (χ4n) is 4.84. The number of carbonyl (C=O) groups is 1. The number of fused-ring (bicyclic) bond motifs is 3. The number of nitrogens with two attached hydrogens (primary N) is 4. The van der Waals surface area contributed by atoms with Gasteiger partial charge in [0.2, 0.25) is 0 Å². The van der Waals surface area contributed by atoms with Crippen molar-refractivity contribution in [1.82, 2.24) is 0 Å². The highest BCUT2D eigenvalue weighted by atomic mass is 16.4. The average molecular weight is 422 g/mol. The summed E-state index contributed by atoms with van der Waals surface area (Å²) in [6, 6.07) is 24.5. The highest BCUT2D eigenvalue weighted by Crippen LogP contribution is 2.57. The molecule has 0 unspecified atom stereocenters. The first-order chi connectivity index (χ1) is 15.3. The number of hydrogen-bond donors (Lipinski definition) is 5. The van der Waals surface area contributed by atoms with E-state index >= 15 is 0 Å². The second-order valence-corrected chi connectivity index (χ2v) is 8.09. The van der Waals surface area contributed by atoms with Gasteiger partial charge in [-0.25, -0.2) is 4.79 Å². The van der Waals surface area contributed by atoms with Crippen molar-refractivity contribution in [2.75, 3.05) is 22.9 Å². The van der Waals surface area contributed by atoms with Gasteiger partial charge in [-0.2, -0.15) is 0 Å². The van der Waals surface area contributed by atoms with Gasteiger partial charge in [-0.1, -0.05) is 30.3 Å². The third kappa shape index (κ3) is 2.63. The Morgan fingerprint density at radius 2 is 1.12 bits per heavy atom. The van der Waals surface area contributed by atoms with Gasteiger partial charge < -0.3 is 28.0 Å². The van der Waals surface area contributed by atoms with E-state index in [1.807, 2.05) is 66.7 Å². The SMILES string of the molecule is Nc1ccc(C2(c3ccc(N)cc3)c3cc(N)ccc3-c3cc(C(=O)O)c(N)cc32)cc1. The van der Waals surface area contributed by atoms with Crippen LogP contribution in [0.15, 0.2) is 78.9 Å². The maximum Gasteiger partial charge on any atom is 0.337 e. The highest BCUT2D eigenvalue weighted by Gasteiger charge is 2.46. The molecule has 0 aromatic heterocycles. The largest absolute Gasteiger partial charge is 0.478 e. The summed E-state index contributed by atoms with van der Waals surface area (Å²) in [7, 11) is 0. The van der Waals surface area contributed by atoms with Crippen molar-refractivity contribution in [3.63, 3.8) is 0 Å². The van der Waals surface area contributed by atoms with Gasteiger partial charge in [0.05, 0.1) is 11.0 Å². The van der Waals surface area contributed by atoms with E-state index in [-0.39, 0.29) is 11.3 Å². The van der Waals surface area contributed by atoms with E-state index in [0.29, 0.717) is 17.1 Å². The van der Waals surface area contributed by atoms with Crippen LogP contribution in [0.1, 0.15) is 32.6 Å². The summed E-state index contributed by atoms with van der Waals surface area (Å²) in [5.74, 6) is -1.07. The molecule has 0 saturated heterocycles. The van der Waals surface area contributed by atoms with Gasteiger partial charge in [-0.3, -0.25) is 0 Å². The van der Waals surface area contributed by atoms with E-state index in [2.05, 4.69) is 0 Å². The lowest BCUT2D eigenvalue weighted by Crippen LogP contribution is -2.29. The van der Waals surface area contributed by atoms with Crippen LogP contribution in [0, 0.1) is 0 Å². The summed E-state index contributed by atoms with van der Waals surface area (Å²) in [5, 5.41) is 9.69. The summed E-state index contributed by atoms with van der Waals surface area (Å²) in [5.41, 5.74) is 31.3. The summed E-state index contributed by atoms with van der Waals surface area (Å²) >= 11 is 0. The minimum atomic E-state index is -1.07. The van der Waals surface area contributed by atoms with E-state index in [1.54, 1.807) is 12.1 Å². The third-order valence-electron chi connectivity index (χ3n) is 6.25. The monoisotopic (exact) mass is 422 g/mol. The van der Waals surface area contributed by atoms with Gasteiger partial charge in [0, 0.05) is 22.7 Å². The number of nitrogen functional groups attached to an aromatic ring is 4. The molecule has 0 saturated carbocycles. The van der Waals surface area contributed by atoms with E-state index in [4.69, 9.17) is 22.9 Å².